The molecular formula is C16H18ClN3O3S2. The van der Waals surface area contributed by atoms with Gasteiger partial charge in [-0.1, -0.05) is 17.7 Å². The van der Waals surface area contributed by atoms with Gasteiger partial charge in [0, 0.05) is 16.9 Å². The second-order valence-corrected chi connectivity index (χ2v) is 9.20. The van der Waals surface area contributed by atoms with Crippen LogP contribution >= 0.6 is 22.9 Å². The highest BCUT2D eigenvalue weighted by molar-refractivity contribution is 7.89. The smallest absolute Gasteiger partial charge is 0.243 e. The van der Waals surface area contributed by atoms with Crippen LogP contribution in [0.25, 0.3) is 0 Å². The maximum atomic E-state index is 12.9. The predicted molar refractivity (Wildman–Crippen MR) is 97.1 cm³/mol. The average molecular weight is 400 g/mol. The van der Waals surface area contributed by atoms with Gasteiger partial charge in [0.2, 0.25) is 15.9 Å². The maximum Gasteiger partial charge on any atom is 0.243 e. The molecule has 1 aliphatic heterocycles. The molecule has 2 heterocycles. The molecule has 1 unspecified atom stereocenters. The van der Waals surface area contributed by atoms with Crippen molar-refractivity contribution in [3.8, 4) is 0 Å². The van der Waals surface area contributed by atoms with Crippen LogP contribution in [-0.4, -0.2) is 36.2 Å². The average Bonchev–Trinajstić information content (AvgIpc) is 3.22. The molecule has 0 saturated carbocycles. The van der Waals surface area contributed by atoms with Crippen LogP contribution in [0.3, 0.4) is 0 Å². The van der Waals surface area contributed by atoms with E-state index in [4.69, 9.17) is 11.6 Å². The van der Waals surface area contributed by atoms with E-state index in [9.17, 15) is 13.2 Å². The molecule has 0 aliphatic carbocycles. The number of aromatic nitrogens is 1. The molecule has 134 valence electrons. The number of carbonyl (C=O) groups is 1. The zero-order valence-corrected chi connectivity index (χ0v) is 16.0. The van der Waals surface area contributed by atoms with Gasteiger partial charge >= 0.3 is 0 Å². The minimum atomic E-state index is -3.76. The van der Waals surface area contributed by atoms with Gasteiger partial charge in [0.05, 0.1) is 22.1 Å². The lowest BCUT2D eigenvalue weighted by Gasteiger charge is -2.23. The number of thiazole rings is 1. The minimum absolute atomic E-state index is 0.106. The molecule has 1 aromatic heterocycles. The van der Waals surface area contributed by atoms with Gasteiger partial charge in [-0.3, -0.25) is 4.79 Å². The van der Waals surface area contributed by atoms with Crippen molar-refractivity contribution in [1.82, 2.24) is 14.6 Å². The van der Waals surface area contributed by atoms with E-state index in [1.807, 2.05) is 12.3 Å². The normalized spacial score (nSPS) is 18.4. The number of benzene rings is 1. The van der Waals surface area contributed by atoms with Gasteiger partial charge in [-0.05, 0) is 38.0 Å². The summed E-state index contributed by atoms with van der Waals surface area (Å²) in [4.78, 5) is 16.9. The van der Waals surface area contributed by atoms with E-state index >= 15 is 0 Å². The number of amides is 1. The molecule has 0 spiro atoms. The number of aryl methyl sites for hydroxylation is 1. The predicted octanol–water partition coefficient (Wildman–Crippen LogP) is 2.57. The second kappa shape index (κ2) is 7.41. The lowest BCUT2D eigenvalue weighted by molar-refractivity contribution is -0.124. The summed E-state index contributed by atoms with van der Waals surface area (Å²) in [5.74, 6) is -0.297. The molecule has 1 fully saturated rings. The largest absolute Gasteiger partial charge is 0.349 e. The third kappa shape index (κ3) is 4.03. The number of hydrogen-bond acceptors (Lipinski definition) is 5. The SMILES string of the molecule is Cc1nc(CNC(=O)C2CCCN2S(=O)(=O)c2cccc(Cl)c2)cs1. The lowest BCUT2D eigenvalue weighted by Crippen LogP contribution is -2.45. The second-order valence-electron chi connectivity index (χ2n) is 5.81. The molecule has 1 aromatic carbocycles. The van der Waals surface area contributed by atoms with Crippen molar-refractivity contribution >= 4 is 38.9 Å². The monoisotopic (exact) mass is 399 g/mol. The third-order valence-electron chi connectivity index (χ3n) is 4.02. The van der Waals surface area contributed by atoms with Crippen LogP contribution in [0.5, 0.6) is 0 Å². The van der Waals surface area contributed by atoms with Crippen LogP contribution in [0.1, 0.15) is 23.5 Å². The highest BCUT2D eigenvalue weighted by atomic mass is 35.5. The summed E-state index contributed by atoms with van der Waals surface area (Å²) in [7, 11) is -3.76. The van der Waals surface area contributed by atoms with Crippen molar-refractivity contribution in [3.05, 3.63) is 45.4 Å². The summed E-state index contributed by atoms with van der Waals surface area (Å²) in [5.41, 5.74) is 0.776. The maximum absolute atomic E-state index is 12.9. The fraction of sp³-hybridized carbons (Fsp3) is 0.375. The molecule has 1 amide bonds. The Kier molecular flexibility index (Phi) is 5.43. The highest BCUT2D eigenvalue weighted by Crippen LogP contribution is 2.27. The van der Waals surface area contributed by atoms with Gasteiger partial charge in [0.25, 0.3) is 0 Å². The fourth-order valence-corrected chi connectivity index (χ4v) is 5.41. The molecule has 1 saturated heterocycles. The summed E-state index contributed by atoms with van der Waals surface area (Å²) < 4.78 is 27.0. The van der Waals surface area contributed by atoms with Gasteiger partial charge in [0.1, 0.15) is 6.04 Å². The third-order valence-corrected chi connectivity index (χ3v) is 6.98. The topological polar surface area (TPSA) is 79.4 Å². The van der Waals surface area contributed by atoms with Gasteiger partial charge in [0.15, 0.2) is 0 Å². The molecule has 1 N–H and O–H groups in total. The molecule has 1 aliphatic rings. The zero-order chi connectivity index (χ0) is 18.0. The van der Waals surface area contributed by atoms with Crippen LogP contribution in [0.4, 0.5) is 0 Å². The molecule has 0 bridgehead atoms. The fourth-order valence-electron chi connectivity index (χ4n) is 2.84. The number of nitrogens with zero attached hydrogens (tertiary/aromatic N) is 2. The van der Waals surface area contributed by atoms with E-state index < -0.39 is 16.1 Å². The van der Waals surface area contributed by atoms with Crippen LogP contribution in [0.15, 0.2) is 34.5 Å². The molecular weight excluding hydrogens is 382 g/mol. The number of nitrogens with one attached hydrogen (secondary N) is 1. The summed E-state index contributed by atoms with van der Waals surface area (Å²) in [5, 5.41) is 5.95. The number of hydrogen-bond donors (Lipinski definition) is 1. The lowest BCUT2D eigenvalue weighted by atomic mass is 10.2. The van der Waals surface area contributed by atoms with E-state index in [2.05, 4.69) is 10.3 Å². The molecule has 1 atom stereocenters. The van der Waals surface area contributed by atoms with Crippen molar-refractivity contribution in [2.45, 2.75) is 37.2 Å². The first-order valence-corrected chi connectivity index (χ1v) is 10.5. The van der Waals surface area contributed by atoms with Crippen molar-refractivity contribution in [2.75, 3.05) is 6.54 Å². The van der Waals surface area contributed by atoms with Crippen LogP contribution in [0.2, 0.25) is 5.02 Å². The molecule has 2 aromatic rings. The first kappa shape index (κ1) is 18.3. The Morgan fingerprint density at radius 1 is 1.48 bits per heavy atom. The van der Waals surface area contributed by atoms with Crippen LogP contribution in [0, 0.1) is 6.92 Å². The van der Waals surface area contributed by atoms with E-state index in [0.29, 0.717) is 31.0 Å². The molecule has 25 heavy (non-hydrogen) atoms. The van der Waals surface area contributed by atoms with Crippen molar-refractivity contribution in [1.29, 1.82) is 0 Å². The van der Waals surface area contributed by atoms with E-state index in [0.717, 1.165) is 10.7 Å². The van der Waals surface area contributed by atoms with E-state index in [-0.39, 0.29) is 10.8 Å². The van der Waals surface area contributed by atoms with Crippen molar-refractivity contribution < 1.29 is 13.2 Å². The Morgan fingerprint density at radius 2 is 2.28 bits per heavy atom. The van der Waals surface area contributed by atoms with Crippen molar-refractivity contribution in [2.24, 2.45) is 0 Å². The number of carbonyl (C=O) groups excluding carboxylic acids is 1. The van der Waals surface area contributed by atoms with Crippen LogP contribution in [-0.2, 0) is 21.4 Å². The first-order chi connectivity index (χ1) is 11.9. The molecule has 0 radical (unpaired) electrons. The Morgan fingerprint density at radius 3 is 2.96 bits per heavy atom. The standard InChI is InChI=1S/C16H18ClN3O3S2/c1-11-19-13(10-24-11)9-18-16(21)15-6-3-7-20(15)25(22,23)14-5-2-4-12(17)8-14/h2,4-5,8,10,15H,3,6-7,9H2,1H3,(H,18,21). The summed E-state index contributed by atoms with van der Waals surface area (Å²) >= 11 is 7.42. The summed E-state index contributed by atoms with van der Waals surface area (Å²) in [6.45, 7) is 2.51. The van der Waals surface area contributed by atoms with E-state index in [1.165, 1.54) is 27.8 Å². The van der Waals surface area contributed by atoms with Crippen LogP contribution < -0.4 is 5.32 Å². The number of rotatable bonds is 5. The van der Waals surface area contributed by atoms with Gasteiger partial charge < -0.3 is 5.32 Å². The highest BCUT2D eigenvalue weighted by Gasteiger charge is 2.39. The Balaban J connectivity index is 1.74. The summed E-state index contributed by atoms with van der Waals surface area (Å²) in [6, 6.07) is 5.40. The molecule has 9 heteroatoms. The van der Waals surface area contributed by atoms with Crippen molar-refractivity contribution in [3.63, 3.8) is 0 Å². The zero-order valence-electron chi connectivity index (χ0n) is 13.6. The molecule has 3 rings (SSSR count). The van der Waals surface area contributed by atoms with Gasteiger partial charge in [-0.2, -0.15) is 4.31 Å². The van der Waals surface area contributed by atoms with Gasteiger partial charge in [-0.25, -0.2) is 13.4 Å². The molecule has 6 nitrogen and oxygen atoms in total. The number of halogens is 1. The van der Waals surface area contributed by atoms with E-state index in [1.54, 1.807) is 12.1 Å². The quantitative estimate of drug-likeness (QED) is 0.837. The minimum Gasteiger partial charge on any atom is -0.349 e. The number of sulfonamides is 1. The summed E-state index contributed by atoms with van der Waals surface area (Å²) in [6.07, 6.45) is 1.15. The first-order valence-electron chi connectivity index (χ1n) is 7.84. The Labute approximate surface area is 155 Å². The van der Waals surface area contributed by atoms with Gasteiger partial charge in [-0.15, -0.1) is 11.3 Å². The Bertz CT molecular complexity index is 882. The Hall–Kier alpha value is -1.48.